The highest BCUT2D eigenvalue weighted by Crippen LogP contribution is 2.37. The highest BCUT2D eigenvalue weighted by atomic mass is 35.5. The van der Waals surface area contributed by atoms with Crippen LogP contribution in [0.3, 0.4) is 0 Å². The molecule has 3 aromatic rings. The maximum Gasteiger partial charge on any atom is 0.231 e. The van der Waals surface area contributed by atoms with Gasteiger partial charge in [0.1, 0.15) is 30.0 Å². The van der Waals surface area contributed by atoms with E-state index in [4.69, 9.17) is 37.4 Å². The first-order valence-corrected chi connectivity index (χ1v) is 10.9. The number of rotatable bonds is 4. The molecule has 0 bridgehead atoms. The zero-order valence-corrected chi connectivity index (χ0v) is 18.6. The fourth-order valence-electron chi connectivity index (χ4n) is 3.66. The normalized spacial score (nSPS) is 17.8. The van der Waals surface area contributed by atoms with Gasteiger partial charge in [0.05, 0.1) is 5.56 Å². The second-order valence-electron chi connectivity index (χ2n) is 7.53. The quantitative estimate of drug-likeness (QED) is 0.394. The Balaban J connectivity index is 1.37. The van der Waals surface area contributed by atoms with E-state index in [-0.39, 0.29) is 24.3 Å². The number of hydrogen-bond donors (Lipinski definition) is 0. The van der Waals surface area contributed by atoms with Gasteiger partial charge in [-0.3, -0.25) is 4.79 Å². The van der Waals surface area contributed by atoms with E-state index < -0.39 is 0 Å². The van der Waals surface area contributed by atoms with Crippen LogP contribution in [0, 0.1) is 0 Å². The molecule has 0 fully saturated rings. The second-order valence-corrected chi connectivity index (χ2v) is 8.34. The van der Waals surface area contributed by atoms with Gasteiger partial charge in [-0.1, -0.05) is 47.5 Å². The lowest BCUT2D eigenvalue weighted by Crippen LogP contribution is -2.18. The lowest BCUT2D eigenvalue weighted by Gasteiger charge is -2.22. The minimum atomic E-state index is -0.197. The Morgan fingerprint density at radius 3 is 2.59 bits per heavy atom. The fourth-order valence-corrected chi connectivity index (χ4v) is 4.16. The monoisotopic (exact) mass is 464 g/mol. The van der Waals surface area contributed by atoms with E-state index in [1.807, 2.05) is 37.3 Å². The Morgan fingerprint density at radius 2 is 1.78 bits per heavy atom. The van der Waals surface area contributed by atoms with Crippen molar-refractivity contribution in [2.75, 3.05) is 0 Å². The second kappa shape index (κ2) is 8.38. The summed E-state index contributed by atoms with van der Waals surface area (Å²) in [5, 5.41) is 1.07. The van der Waals surface area contributed by atoms with Gasteiger partial charge in [0.25, 0.3) is 0 Å². The van der Waals surface area contributed by atoms with Crippen LogP contribution in [0.25, 0.3) is 6.08 Å². The van der Waals surface area contributed by atoms with Crippen LogP contribution >= 0.6 is 23.2 Å². The molecule has 0 aliphatic carbocycles. The first-order valence-electron chi connectivity index (χ1n) is 10.1. The van der Waals surface area contributed by atoms with Crippen molar-refractivity contribution >= 4 is 35.1 Å². The van der Waals surface area contributed by atoms with E-state index in [2.05, 4.69) is 0 Å². The molecular formula is C26H18Cl2O4. The van der Waals surface area contributed by atoms with E-state index in [1.165, 1.54) is 0 Å². The Kier molecular flexibility index (Phi) is 5.41. The van der Waals surface area contributed by atoms with Crippen LogP contribution in [-0.4, -0.2) is 11.9 Å². The van der Waals surface area contributed by atoms with Crippen LogP contribution in [0.1, 0.15) is 28.4 Å². The van der Waals surface area contributed by atoms with Crippen LogP contribution in [0.4, 0.5) is 0 Å². The maximum absolute atomic E-state index is 12.9. The number of halogens is 2. The van der Waals surface area contributed by atoms with Gasteiger partial charge in [0, 0.05) is 27.2 Å². The van der Waals surface area contributed by atoms with Gasteiger partial charge in [-0.15, -0.1) is 0 Å². The Bertz CT molecular complexity index is 1270. The molecule has 0 radical (unpaired) electrons. The number of allylic oxidation sites excluding steroid dienone is 1. The molecule has 32 heavy (non-hydrogen) atoms. The van der Waals surface area contributed by atoms with Crippen molar-refractivity contribution in [2.45, 2.75) is 19.6 Å². The molecule has 2 aliphatic heterocycles. The number of para-hydroxylation sites is 1. The van der Waals surface area contributed by atoms with Crippen molar-refractivity contribution in [1.29, 1.82) is 0 Å². The molecule has 6 heteroatoms. The summed E-state index contributed by atoms with van der Waals surface area (Å²) in [6, 6.07) is 18.2. The SMILES string of the molecule is CC1Oc2ccccc2C=C1C=C1Oc2cc(OCc3c(Cl)cccc3Cl)ccc2C1=O. The van der Waals surface area contributed by atoms with Gasteiger partial charge in [-0.05, 0) is 55.0 Å². The molecule has 4 nitrogen and oxygen atoms in total. The highest BCUT2D eigenvalue weighted by Gasteiger charge is 2.29. The number of Topliss-reactive ketones (excluding diaryl/α,β-unsaturated/α-hetero) is 1. The minimum Gasteiger partial charge on any atom is -0.489 e. The predicted octanol–water partition coefficient (Wildman–Crippen LogP) is 6.90. The molecule has 0 spiro atoms. The summed E-state index contributed by atoms with van der Waals surface area (Å²) in [7, 11) is 0. The molecule has 2 aliphatic rings. The molecule has 0 saturated heterocycles. The van der Waals surface area contributed by atoms with Crippen molar-refractivity contribution in [1.82, 2.24) is 0 Å². The molecule has 0 aromatic heterocycles. The summed E-state index contributed by atoms with van der Waals surface area (Å²) in [5.41, 5.74) is 3.02. The first-order chi connectivity index (χ1) is 15.5. The average Bonchev–Trinajstić information content (AvgIpc) is 3.08. The van der Waals surface area contributed by atoms with Gasteiger partial charge >= 0.3 is 0 Å². The Hall–Kier alpha value is -3.21. The average molecular weight is 465 g/mol. The van der Waals surface area contributed by atoms with E-state index in [0.717, 1.165) is 16.9 Å². The number of hydrogen-bond acceptors (Lipinski definition) is 4. The van der Waals surface area contributed by atoms with Crippen molar-refractivity contribution < 1.29 is 19.0 Å². The summed E-state index contributed by atoms with van der Waals surface area (Å²) < 4.78 is 17.7. The highest BCUT2D eigenvalue weighted by molar-refractivity contribution is 6.35. The summed E-state index contributed by atoms with van der Waals surface area (Å²) in [6.07, 6.45) is 3.56. The molecule has 0 amide bonds. The smallest absolute Gasteiger partial charge is 0.231 e. The summed E-state index contributed by atoms with van der Waals surface area (Å²) in [4.78, 5) is 12.9. The molecule has 1 unspecified atom stereocenters. The lowest BCUT2D eigenvalue weighted by molar-refractivity contribution is 0.101. The topological polar surface area (TPSA) is 44.8 Å². The van der Waals surface area contributed by atoms with Gasteiger partial charge in [-0.25, -0.2) is 0 Å². The van der Waals surface area contributed by atoms with Crippen LogP contribution in [0.2, 0.25) is 10.0 Å². The summed E-state index contributed by atoms with van der Waals surface area (Å²) >= 11 is 12.4. The number of ether oxygens (including phenoxy) is 3. The molecular weight excluding hydrogens is 447 g/mol. The first kappa shape index (κ1) is 20.7. The number of benzene rings is 3. The summed E-state index contributed by atoms with van der Waals surface area (Å²) in [6.45, 7) is 2.15. The zero-order chi connectivity index (χ0) is 22.2. The lowest BCUT2D eigenvalue weighted by atomic mass is 10.0. The number of carbonyl (C=O) groups is 1. The predicted molar refractivity (Wildman–Crippen MR) is 125 cm³/mol. The van der Waals surface area contributed by atoms with Crippen molar-refractivity contribution in [2.24, 2.45) is 0 Å². The van der Waals surface area contributed by atoms with Gasteiger partial charge < -0.3 is 14.2 Å². The zero-order valence-electron chi connectivity index (χ0n) is 17.1. The van der Waals surface area contributed by atoms with Crippen LogP contribution in [0.15, 0.2) is 78.1 Å². The van der Waals surface area contributed by atoms with Crippen LogP contribution < -0.4 is 14.2 Å². The van der Waals surface area contributed by atoms with Crippen LogP contribution in [0.5, 0.6) is 17.2 Å². The maximum atomic E-state index is 12.9. The molecule has 2 heterocycles. The molecule has 5 rings (SSSR count). The number of fused-ring (bicyclic) bond motifs is 2. The van der Waals surface area contributed by atoms with E-state index in [0.29, 0.717) is 32.7 Å². The Morgan fingerprint density at radius 1 is 1.00 bits per heavy atom. The standard InChI is InChI=1S/C26H18Cl2O4/c1-15-17(11-16-5-2-3-8-23(16)31-15)12-25-26(29)19-10-9-18(13-24(19)32-25)30-14-20-21(27)6-4-7-22(20)28/h2-13,15H,14H2,1H3. The van der Waals surface area contributed by atoms with Gasteiger partial charge in [0.2, 0.25) is 5.78 Å². The summed E-state index contributed by atoms with van der Waals surface area (Å²) in [5.74, 6) is 1.91. The molecule has 0 saturated carbocycles. The van der Waals surface area contributed by atoms with E-state index >= 15 is 0 Å². The molecule has 3 aromatic carbocycles. The van der Waals surface area contributed by atoms with Crippen LogP contribution in [-0.2, 0) is 6.61 Å². The molecule has 1 atom stereocenters. The third kappa shape index (κ3) is 3.88. The minimum absolute atomic E-state index is 0.173. The molecule has 160 valence electrons. The third-order valence-electron chi connectivity index (χ3n) is 5.40. The van der Waals surface area contributed by atoms with Gasteiger partial charge in [-0.2, -0.15) is 0 Å². The fraction of sp³-hybridized carbons (Fsp3) is 0.115. The van der Waals surface area contributed by atoms with E-state index in [1.54, 1.807) is 42.5 Å². The van der Waals surface area contributed by atoms with Crippen molar-refractivity contribution in [3.63, 3.8) is 0 Å². The third-order valence-corrected chi connectivity index (χ3v) is 6.11. The van der Waals surface area contributed by atoms with Gasteiger partial charge in [0.15, 0.2) is 5.76 Å². The van der Waals surface area contributed by atoms with E-state index in [9.17, 15) is 4.79 Å². The largest absolute Gasteiger partial charge is 0.489 e. The number of ketones is 1. The number of carbonyl (C=O) groups excluding carboxylic acids is 1. The Labute approximate surface area is 195 Å². The van der Waals surface area contributed by atoms with Crippen molar-refractivity contribution in [3.8, 4) is 17.2 Å². The van der Waals surface area contributed by atoms with Crippen molar-refractivity contribution in [3.05, 3.63) is 105 Å². The molecule has 0 N–H and O–H groups in total.